The minimum absolute atomic E-state index is 0.178. The lowest BCUT2D eigenvalue weighted by molar-refractivity contribution is -0.00643. The maximum absolute atomic E-state index is 11.7. The quantitative estimate of drug-likeness (QED) is 0.672. The maximum atomic E-state index is 11.7. The van der Waals surface area contributed by atoms with E-state index in [0.29, 0.717) is 6.04 Å². The summed E-state index contributed by atoms with van der Waals surface area (Å²) in [5.41, 5.74) is -0.393. The van der Waals surface area contributed by atoms with Gasteiger partial charge in [0.25, 0.3) is 0 Å². The Hall–Kier alpha value is -0.990. The topological polar surface area (TPSA) is 29.5 Å². The number of ether oxygens (including phenoxy) is 1. The van der Waals surface area contributed by atoms with Crippen LogP contribution in [0.4, 0.5) is 4.79 Å². The van der Waals surface area contributed by atoms with Gasteiger partial charge in [-0.3, -0.25) is 0 Å². The molecule has 1 aliphatic heterocycles. The second-order valence-electron chi connectivity index (χ2n) is 4.98. The predicted octanol–water partition coefficient (Wildman–Crippen LogP) is 2.96. The summed E-state index contributed by atoms with van der Waals surface area (Å²) in [4.78, 5) is 13.5. The predicted molar refractivity (Wildman–Crippen MR) is 60.8 cm³/mol. The minimum atomic E-state index is -0.393. The van der Waals surface area contributed by atoms with Gasteiger partial charge in [-0.25, -0.2) is 4.79 Å². The number of allylic oxidation sites excluding steroid dienone is 1. The molecule has 1 atom stereocenters. The van der Waals surface area contributed by atoms with Crippen LogP contribution in [0.15, 0.2) is 12.7 Å². The number of hydrogen-bond acceptors (Lipinski definition) is 2. The molecule has 0 spiro atoms. The van der Waals surface area contributed by atoms with Crippen molar-refractivity contribution in [2.45, 2.75) is 51.7 Å². The zero-order chi connectivity index (χ0) is 11.5. The van der Waals surface area contributed by atoms with Crippen molar-refractivity contribution in [3.8, 4) is 0 Å². The summed E-state index contributed by atoms with van der Waals surface area (Å²) in [5.74, 6) is 0. The third-order valence-electron chi connectivity index (χ3n) is 2.48. The Morgan fingerprint density at radius 1 is 1.60 bits per heavy atom. The largest absolute Gasteiger partial charge is 0.444 e. The van der Waals surface area contributed by atoms with Crippen molar-refractivity contribution in [3.63, 3.8) is 0 Å². The van der Waals surface area contributed by atoms with Crippen LogP contribution >= 0.6 is 0 Å². The molecule has 15 heavy (non-hydrogen) atoms. The summed E-state index contributed by atoms with van der Waals surface area (Å²) in [6.07, 6.45) is 4.77. The van der Waals surface area contributed by atoms with Gasteiger partial charge in [0.1, 0.15) is 5.60 Å². The number of carbonyl (C=O) groups is 1. The van der Waals surface area contributed by atoms with E-state index in [1.807, 2.05) is 31.7 Å². The molecule has 1 saturated heterocycles. The summed E-state index contributed by atoms with van der Waals surface area (Å²) in [6.45, 7) is 10.2. The number of amides is 1. The lowest BCUT2D eigenvalue weighted by Gasteiger charge is -2.41. The summed E-state index contributed by atoms with van der Waals surface area (Å²) >= 11 is 0. The fraction of sp³-hybridized carbons (Fsp3) is 0.750. The van der Waals surface area contributed by atoms with Crippen molar-refractivity contribution in [2.75, 3.05) is 6.54 Å². The molecule has 3 nitrogen and oxygen atoms in total. The molecule has 1 amide bonds. The Balaban J connectivity index is 2.37. The van der Waals surface area contributed by atoms with Crippen LogP contribution in [0.1, 0.15) is 40.0 Å². The molecule has 0 aromatic carbocycles. The summed E-state index contributed by atoms with van der Waals surface area (Å²) in [6, 6.07) is 0.359. The van der Waals surface area contributed by atoms with Crippen molar-refractivity contribution >= 4 is 6.09 Å². The monoisotopic (exact) mass is 211 g/mol. The highest BCUT2D eigenvalue weighted by Crippen LogP contribution is 2.24. The van der Waals surface area contributed by atoms with Crippen molar-refractivity contribution in [2.24, 2.45) is 0 Å². The molecule has 0 aliphatic carbocycles. The highest BCUT2D eigenvalue weighted by molar-refractivity contribution is 5.69. The average Bonchev–Trinajstić information content (AvgIpc) is 1.98. The van der Waals surface area contributed by atoms with E-state index < -0.39 is 5.60 Å². The van der Waals surface area contributed by atoms with Crippen molar-refractivity contribution in [1.29, 1.82) is 0 Å². The molecular formula is C12H21NO2. The van der Waals surface area contributed by atoms with Gasteiger partial charge in [0.05, 0.1) is 0 Å². The van der Waals surface area contributed by atoms with Gasteiger partial charge >= 0.3 is 6.09 Å². The SMILES string of the molecule is C=CCCC1CCN1C(=O)OC(C)(C)C. The molecule has 0 radical (unpaired) electrons. The summed E-state index contributed by atoms with van der Waals surface area (Å²) in [5, 5.41) is 0. The van der Waals surface area contributed by atoms with Crippen LogP contribution in [0.2, 0.25) is 0 Å². The molecule has 86 valence electrons. The lowest BCUT2D eigenvalue weighted by Crippen LogP contribution is -2.52. The van der Waals surface area contributed by atoms with Gasteiger partial charge in [-0.05, 0) is 40.0 Å². The second kappa shape index (κ2) is 4.69. The zero-order valence-electron chi connectivity index (χ0n) is 9.95. The smallest absolute Gasteiger partial charge is 0.410 e. The molecule has 3 heteroatoms. The molecule has 0 saturated carbocycles. The third kappa shape index (κ3) is 3.57. The molecule has 0 aromatic heterocycles. The highest BCUT2D eigenvalue weighted by atomic mass is 16.6. The third-order valence-corrected chi connectivity index (χ3v) is 2.48. The lowest BCUT2D eigenvalue weighted by atomic mass is 9.99. The molecule has 1 aliphatic rings. The minimum Gasteiger partial charge on any atom is -0.444 e. The van der Waals surface area contributed by atoms with E-state index in [1.54, 1.807) is 0 Å². The molecule has 1 heterocycles. The van der Waals surface area contributed by atoms with Crippen LogP contribution in [0.25, 0.3) is 0 Å². The number of hydrogen-bond donors (Lipinski definition) is 0. The molecule has 0 aromatic rings. The number of rotatable bonds is 3. The molecule has 1 fully saturated rings. The van der Waals surface area contributed by atoms with E-state index in [-0.39, 0.29) is 6.09 Å². The molecular weight excluding hydrogens is 190 g/mol. The Morgan fingerprint density at radius 2 is 2.27 bits per heavy atom. The Kier molecular flexibility index (Phi) is 3.77. The van der Waals surface area contributed by atoms with Crippen LogP contribution in [0.5, 0.6) is 0 Å². The number of carbonyl (C=O) groups excluding carboxylic acids is 1. The van der Waals surface area contributed by atoms with Crippen molar-refractivity contribution in [3.05, 3.63) is 12.7 Å². The second-order valence-corrected chi connectivity index (χ2v) is 4.98. The van der Waals surface area contributed by atoms with Gasteiger partial charge in [-0.2, -0.15) is 0 Å². The summed E-state index contributed by atoms with van der Waals surface area (Å²) < 4.78 is 5.31. The van der Waals surface area contributed by atoms with Gasteiger partial charge < -0.3 is 9.64 Å². The maximum Gasteiger partial charge on any atom is 0.410 e. The molecule has 1 rings (SSSR count). The van der Waals surface area contributed by atoms with Gasteiger partial charge in [-0.15, -0.1) is 6.58 Å². The molecule has 1 unspecified atom stereocenters. The van der Waals surface area contributed by atoms with Crippen LogP contribution in [0.3, 0.4) is 0 Å². The normalized spacial score (nSPS) is 20.7. The summed E-state index contributed by atoms with van der Waals surface area (Å²) in [7, 11) is 0. The van der Waals surface area contributed by atoms with E-state index in [4.69, 9.17) is 4.74 Å². The van der Waals surface area contributed by atoms with E-state index in [2.05, 4.69) is 6.58 Å². The highest BCUT2D eigenvalue weighted by Gasteiger charge is 2.34. The van der Waals surface area contributed by atoms with Crippen molar-refractivity contribution < 1.29 is 9.53 Å². The Morgan fingerprint density at radius 3 is 2.67 bits per heavy atom. The van der Waals surface area contributed by atoms with Crippen LogP contribution in [0, 0.1) is 0 Å². The van der Waals surface area contributed by atoms with Crippen LogP contribution in [-0.2, 0) is 4.74 Å². The standard InChI is InChI=1S/C12H21NO2/c1-5-6-7-10-8-9-13(10)11(14)15-12(2,3)4/h5,10H,1,6-9H2,2-4H3. The number of nitrogens with zero attached hydrogens (tertiary/aromatic N) is 1. The first kappa shape index (κ1) is 12.1. The first-order chi connectivity index (χ1) is 6.94. The first-order valence-electron chi connectivity index (χ1n) is 5.54. The van der Waals surface area contributed by atoms with Gasteiger partial charge in [0, 0.05) is 12.6 Å². The first-order valence-corrected chi connectivity index (χ1v) is 5.54. The fourth-order valence-electron chi connectivity index (χ4n) is 1.61. The fourth-order valence-corrected chi connectivity index (χ4v) is 1.61. The van der Waals surface area contributed by atoms with E-state index in [0.717, 1.165) is 25.8 Å². The Bertz CT molecular complexity index is 242. The van der Waals surface area contributed by atoms with Gasteiger partial charge in [-0.1, -0.05) is 6.08 Å². The molecule has 0 bridgehead atoms. The zero-order valence-corrected chi connectivity index (χ0v) is 9.95. The van der Waals surface area contributed by atoms with Crippen molar-refractivity contribution in [1.82, 2.24) is 4.90 Å². The van der Waals surface area contributed by atoms with E-state index in [1.165, 1.54) is 0 Å². The Labute approximate surface area is 92.1 Å². The van der Waals surface area contributed by atoms with Crippen LogP contribution in [-0.4, -0.2) is 29.2 Å². The van der Waals surface area contributed by atoms with Crippen LogP contribution < -0.4 is 0 Å². The average molecular weight is 211 g/mol. The van der Waals surface area contributed by atoms with E-state index >= 15 is 0 Å². The number of likely N-dealkylation sites (tertiary alicyclic amines) is 1. The van der Waals surface area contributed by atoms with E-state index in [9.17, 15) is 4.79 Å². The van der Waals surface area contributed by atoms with Gasteiger partial charge in [0.15, 0.2) is 0 Å². The van der Waals surface area contributed by atoms with Gasteiger partial charge in [0.2, 0.25) is 0 Å². The molecule has 0 N–H and O–H groups in total.